The molecular formula is C11H17BrClNO2S2. The second-order valence-corrected chi connectivity index (χ2v) is 8.88. The molecule has 1 heterocycles. The van der Waals surface area contributed by atoms with Crippen LogP contribution in [0.15, 0.2) is 14.1 Å². The molecule has 104 valence electrons. The van der Waals surface area contributed by atoms with Crippen molar-refractivity contribution in [3.8, 4) is 0 Å². The predicted molar refractivity (Wildman–Crippen MR) is 81.1 cm³/mol. The lowest BCUT2D eigenvalue weighted by Gasteiger charge is -2.19. The number of aryl methyl sites for hydroxylation is 1. The van der Waals surface area contributed by atoms with Gasteiger partial charge in [0.25, 0.3) is 10.0 Å². The van der Waals surface area contributed by atoms with Crippen LogP contribution in [0.3, 0.4) is 0 Å². The SMILES string of the molecule is CCCCN(CCCl)S(=O)(=O)c1cc(C)c(Br)s1. The summed E-state index contributed by atoms with van der Waals surface area (Å²) < 4.78 is 27.6. The van der Waals surface area contributed by atoms with Gasteiger partial charge in [-0.2, -0.15) is 4.31 Å². The van der Waals surface area contributed by atoms with Crippen molar-refractivity contribution >= 4 is 48.9 Å². The molecule has 0 aliphatic heterocycles. The molecule has 0 amide bonds. The van der Waals surface area contributed by atoms with Crippen LogP contribution in [0.25, 0.3) is 0 Å². The Bertz CT molecular complexity index is 468. The van der Waals surface area contributed by atoms with Gasteiger partial charge in [0.05, 0.1) is 3.79 Å². The number of sulfonamides is 1. The molecule has 0 saturated heterocycles. The number of unbranched alkanes of at least 4 members (excludes halogenated alkanes) is 1. The molecule has 0 unspecified atom stereocenters. The average molecular weight is 375 g/mol. The molecule has 0 saturated carbocycles. The molecule has 7 heteroatoms. The van der Waals surface area contributed by atoms with Gasteiger partial charge >= 0.3 is 0 Å². The minimum absolute atomic E-state index is 0.314. The largest absolute Gasteiger partial charge is 0.252 e. The average Bonchev–Trinajstić information content (AvgIpc) is 2.65. The Kier molecular flexibility index (Phi) is 6.61. The van der Waals surface area contributed by atoms with Crippen LogP contribution in [0.5, 0.6) is 0 Å². The Morgan fingerprint density at radius 1 is 1.44 bits per heavy atom. The summed E-state index contributed by atoms with van der Waals surface area (Å²) in [4.78, 5) is 0. The standard InChI is InChI=1S/C11H17BrClNO2S2/c1-3-4-6-14(7-5-13)18(15,16)10-8-9(2)11(12)17-10/h8H,3-7H2,1-2H3. The monoisotopic (exact) mass is 373 g/mol. The molecule has 1 rings (SSSR count). The summed E-state index contributed by atoms with van der Waals surface area (Å²) in [6, 6.07) is 1.71. The Balaban J connectivity index is 3.00. The van der Waals surface area contributed by atoms with E-state index in [0.717, 1.165) is 22.2 Å². The van der Waals surface area contributed by atoms with Crippen LogP contribution in [-0.4, -0.2) is 31.7 Å². The predicted octanol–water partition coefficient (Wildman–Crippen LogP) is 3.85. The maximum Gasteiger partial charge on any atom is 0.252 e. The first-order valence-corrected chi connectivity index (χ1v) is 9.34. The topological polar surface area (TPSA) is 37.4 Å². The van der Waals surface area contributed by atoms with E-state index in [-0.39, 0.29) is 0 Å². The molecular weight excluding hydrogens is 358 g/mol. The third-order valence-corrected chi connectivity index (χ3v) is 7.18. The Labute approximate surface area is 126 Å². The summed E-state index contributed by atoms with van der Waals surface area (Å²) in [6.07, 6.45) is 1.81. The number of hydrogen-bond acceptors (Lipinski definition) is 3. The van der Waals surface area contributed by atoms with Crippen molar-refractivity contribution in [3.63, 3.8) is 0 Å². The van der Waals surface area contributed by atoms with E-state index >= 15 is 0 Å². The van der Waals surface area contributed by atoms with Gasteiger partial charge in [-0.05, 0) is 40.9 Å². The first kappa shape index (κ1) is 16.4. The number of rotatable bonds is 7. The Morgan fingerprint density at radius 3 is 2.56 bits per heavy atom. The van der Waals surface area contributed by atoms with Gasteiger partial charge in [0.2, 0.25) is 0 Å². The van der Waals surface area contributed by atoms with Gasteiger partial charge in [-0.15, -0.1) is 22.9 Å². The van der Waals surface area contributed by atoms with Gasteiger partial charge in [-0.25, -0.2) is 8.42 Å². The van der Waals surface area contributed by atoms with Crippen molar-refractivity contribution in [3.05, 3.63) is 15.4 Å². The maximum absolute atomic E-state index is 12.5. The third-order valence-electron chi connectivity index (χ3n) is 2.52. The summed E-state index contributed by atoms with van der Waals surface area (Å²) in [7, 11) is -3.40. The maximum atomic E-state index is 12.5. The van der Waals surface area contributed by atoms with Gasteiger partial charge in [-0.1, -0.05) is 13.3 Å². The van der Waals surface area contributed by atoms with Crippen LogP contribution in [0.2, 0.25) is 0 Å². The van der Waals surface area contributed by atoms with E-state index in [1.807, 2.05) is 13.8 Å². The molecule has 0 fully saturated rings. The molecule has 0 bridgehead atoms. The van der Waals surface area contributed by atoms with Crippen LogP contribution in [0.1, 0.15) is 25.3 Å². The highest BCUT2D eigenvalue weighted by Gasteiger charge is 2.25. The lowest BCUT2D eigenvalue weighted by Crippen LogP contribution is -2.33. The molecule has 1 aromatic heterocycles. The Hall–Kier alpha value is 0.380. The van der Waals surface area contributed by atoms with Gasteiger partial charge in [-0.3, -0.25) is 0 Å². The highest BCUT2D eigenvalue weighted by molar-refractivity contribution is 9.11. The van der Waals surface area contributed by atoms with E-state index in [1.165, 1.54) is 15.6 Å². The van der Waals surface area contributed by atoms with Crippen LogP contribution in [0.4, 0.5) is 0 Å². The normalized spacial score (nSPS) is 12.3. The molecule has 0 aliphatic rings. The summed E-state index contributed by atoms with van der Waals surface area (Å²) in [5, 5.41) is 0. The number of nitrogens with zero attached hydrogens (tertiary/aromatic N) is 1. The second-order valence-electron chi connectivity index (χ2n) is 3.97. The molecule has 0 N–H and O–H groups in total. The fraction of sp³-hybridized carbons (Fsp3) is 0.636. The fourth-order valence-electron chi connectivity index (χ4n) is 1.47. The van der Waals surface area contributed by atoms with Gasteiger partial charge in [0.15, 0.2) is 0 Å². The second kappa shape index (κ2) is 7.24. The fourth-order valence-corrected chi connectivity index (χ4v) is 5.63. The smallest absolute Gasteiger partial charge is 0.206 e. The molecule has 0 radical (unpaired) electrons. The van der Waals surface area contributed by atoms with E-state index in [0.29, 0.717) is 23.2 Å². The van der Waals surface area contributed by atoms with Crippen LogP contribution < -0.4 is 0 Å². The van der Waals surface area contributed by atoms with E-state index < -0.39 is 10.0 Å². The number of thiophene rings is 1. The highest BCUT2D eigenvalue weighted by Crippen LogP contribution is 2.32. The first-order chi connectivity index (χ1) is 8.43. The van der Waals surface area contributed by atoms with Gasteiger partial charge in [0, 0.05) is 19.0 Å². The quantitative estimate of drug-likeness (QED) is 0.680. The number of halogens is 2. The zero-order chi connectivity index (χ0) is 13.8. The summed E-state index contributed by atoms with van der Waals surface area (Å²) in [5.41, 5.74) is 0.944. The van der Waals surface area contributed by atoms with Crippen molar-refractivity contribution < 1.29 is 8.42 Å². The number of hydrogen-bond donors (Lipinski definition) is 0. The summed E-state index contributed by atoms with van der Waals surface area (Å²) in [5.74, 6) is 0.314. The summed E-state index contributed by atoms with van der Waals surface area (Å²) in [6.45, 7) is 4.81. The zero-order valence-electron chi connectivity index (χ0n) is 10.4. The van der Waals surface area contributed by atoms with E-state index in [2.05, 4.69) is 15.9 Å². The van der Waals surface area contributed by atoms with Crippen LogP contribution in [-0.2, 0) is 10.0 Å². The lowest BCUT2D eigenvalue weighted by molar-refractivity contribution is 0.421. The van der Waals surface area contributed by atoms with Crippen molar-refractivity contribution in [1.82, 2.24) is 4.31 Å². The van der Waals surface area contributed by atoms with E-state index in [9.17, 15) is 8.42 Å². The molecule has 3 nitrogen and oxygen atoms in total. The third kappa shape index (κ3) is 3.93. The number of alkyl halides is 1. The van der Waals surface area contributed by atoms with Crippen LogP contribution in [0, 0.1) is 6.92 Å². The van der Waals surface area contributed by atoms with Crippen molar-refractivity contribution in [1.29, 1.82) is 0 Å². The van der Waals surface area contributed by atoms with Crippen molar-refractivity contribution in [2.24, 2.45) is 0 Å². The van der Waals surface area contributed by atoms with Gasteiger partial charge in [0.1, 0.15) is 4.21 Å². The minimum atomic E-state index is -3.40. The van der Waals surface area contributed by atoms with Crippen molar-refractivity contribution in [2.75, 3.05) is 19.0 Å². The zero-order valence-corrected chi connectivity index (χ0v) is 14.4. The molecule has 0 spiro atoms. The van der Waals surface area contributed by atoms with Crippen molar-refractivity contribution in [2.45, 2.75) is 30.9 Å². The van der Waals surface area contributed by atoms with E-state index in [1.54, 1.807) is 6.07 Å². The Morgan fingerprint density at radius 2 is 2.11 bits per heavy atom. The van der Waals surface area contributed by atoms with Gasteiger partial charge < -0.3 is 0 Å². The molecule has 0 aliphatic carbocycles. The van der Waals surface area contributed by atoms with Crippen LogP contribution >= 0.6 is 38.9 Å². The lowest BCUT2D eigenvalue weighted by atomic mass is 10.3. The molecule has 18 heavy (non-hydrogen) atoms. The first-order valence-electron chi connectivity index (χ1n) is 5.75. The minimum Gasteiger partial charge on any atom is -0.206 e. The molecule has 0 atom stereocenters. The highest BCUT2D eigenvalue weighted by atomic mass is 79.9. The summed E-state index contributed by atoms with van der Waals surface area (Å²) >= 11 is 10.3. The molecule has 1 aromatic rings. The molecule has 0 aromatic carbocycles. The van der Waals surface area contributed by atoms with E-state index in [4.69, 9.17) is 11.6 Å².